The van der Waals surface area contributed by atoms with Gasteiger partial charge in [-0.1, -0.05) is 35.7 Å². The van der Waals surface area contributed by atoms with E-state index in [-0.39, 0.29) is 23.0 Å². The molecule has 0 aliphatic carbocycles. The van der Waals surface area contributed by atoms with Gasteiger partial charge in [0.1, 0.15) is 18.2 Å². The lowest BCUT2D eigenvalue weighted by Gasteiger charge is -2.11. The lowest BCUT2D eigenvalue weighted by atomic mass is 9.99. The van der Waals surface area contributed by atoms with Crippen LogP contribution in [-0.2, 0) is 0 Å². The summed E-state index contributed by atoms with van der Waals surface area (Å²) in [7, 11) is 1.47. The molecule has 144 valence electrons. The van der Waals surface area contributed by atoms with Gasteiger partial charge in [0.05, 0.1) is 17.7 Å². The summed E-state index contributed by atoms with van der Waals surface area (Å²) >= 11 is 6.28. The van der Waals surface area contributed by atoms with Gasteiger partial charge in [-0.2, -0.15) is 5.26 Å². The molecule has 0 aliphatic rings. The maximum atomic E-state index is 13.1. The van der Waals surface area contributed by atoms with Crippen LogP contribution in [0.4, 0.5) is 0 Å². The van der Waals surface area contributed by atoms with Crippen molar-refractivity contribution in [3.05, 3.63) is 63.8 Å². The van der Waals surface area contributed by atoms with Gasteiger partial charge in [0.25, 0.3) is 0 Å². The number of para-hydroxylation sites is 1. The number of carbonyl (C=O) groups is 1. The van der Waals surface area contributed by atoms with Crippen LogP contribution in [0.25, 0.3) is 17.0 Å². The van der Waals surface area contributed by atoms with Crippen LogP contribution in [0.5, 0.6) is 11.5 Å². The standard InChI is InChI=1S/C23H17ClN2O3/c1-4-9-29-23-18(24)11-15(12-20(23)28-3)10-16(13-25)22(27)21-14(2)26-19-8-6-5-7-17(19)21/h1,5-8,10-12,26H,9H2,2-3H3/b16-10+. The number of allylic oxidation sites excluding steroid dienone is 1. The first kappa shape index (κ1) is 20.1. The third-order valence-electron chi connectivity index (χ3n) is 4.35. The number of benzene rings is 2. The van der Waals surface area contributed by atoms with Crippen molar-refractivity contribution in [3.63, 3.8) is 0 Å². The van der Waals surface area contributed by atoms with Crippen molar-refractivity contribution in [2.45, 2.75) is 6.92 Å². The molecule has 1 heterocycles. The molecule has 29 heavy (non-hydrogen) atoms. The predicted octanol–water partition coefficient (Wildman–Crippen LogP) is 4.94. The molecule has 1 N–H and O–H groups in total. The molecule has 3 aromatic rings. The molecule has 0 amide bonds. The van der Waals surface area contributed by atoms with E-state index in [2.05, 4.69) is 10.9 Å². The Kier molecular flexibility index (Phi) is 5.93. The number of H-pyrrole nitrogens is 1. The van der Waals surface area contributed by atoms with Crippen molar-refractivity contribution in [3.8, 4) is 29.9 Å². The Morgan fingerprint density at radius 1 is 1.34 bits per heavy atom. The van der Waals surface area contributed by atoms with Crippen molar-refractivity contribution in [1.29, 1.82) is 5.26 Å². The highest BCUT2D eigenvalue weighted by Gasteiger charge is 2.20. The van der Waals surface area contributed by atoms with Crippen molar-refractivity contribution >= 4 is 34.4 Å². The van der Waals surface area contributed by atoms with Crippen LogP contribution in [0.3, 0.4) is 0 Å². The molecule has 0 atom stereocenters. The molecule has 0 bridgehead atoms. The number of aryl methyl sites for hydroxylation is 1. The summed E-state index contributed by atoms with van der Waals surface area (Å²) in [6, 6.07) is 12.7. The number of aromatic amines is 1. The van der Waals surface area contributed by atoms with E-state index in [0.29, 0.717) is 28.3 Å². The van der Waals surface area contributed by atoms with E-state index in [4.69, 9.17) is 27.5 Å². The average molecular weight is 405 g/mol. The van der Waals surface area contributed by atoms with E-state index >= 15 is 0 Å². The molecular weight excluding hydrogens is 388 g/mol. The number of ether oxygens (including phenoxy) is 2. The minimum atomic E-state index is -0.370. The summed E-state index contributed by atoms with van der Waals surface area (Å²) in [6.45, 7) is 1.84. The van der Waals surface area contributed by atoms with E-state index in [1.54, 1.807) is 19.1 Å². The maximum Gasteiger partial charge on any atom is 0.205 e. The molecule has 0 spiro atoms. The Labute approximate surface area is 173 Å². The molecule has 0 saturated heterocycles. The normalized spacial score (nSPS) is 11.0. The number of nitriles is 1. The van der Waals surface area contributed by atoms with Gasteiger partial charge >= 0.3 is 0 Å². The Morgan fingerprint density at radius 2 is 2.10 bits per heavy atom. The minimum absolute atomic E-state index is 0.0201. The monoisotopic (exact) mass is 404 g/mol. The Bertz CT molecular complexity index is 1210. The second-order valence-electron chi connectivity index (χ2n) is 6.20. The summed E-state index contributed by atoms with van der Waals surface area (Å²) in [6.07, 6.45) is 6.69. The van der Waals surface area contributed by atoms with E-state index in [1.165, 1.54) is 13.2 Å². The van der Waals surface area contributed by atoms with Gasteiger partial charge in [0.2, 0.25) is 5.78 Å². The summed E-state index contributed by atoms with van der Waals surface area (Å²) in [5.74, 6) is 2.65. The molecule has 1 aromatic heterocycles. The molecule has 3 rings (SSSR count). The van der Waals surface area contributed by atoms with Crippen molar-refractivity contribution in [2.24, 2.45) is 0 Å². The first-order valence-electron chi connectivity index (χ1n) is 8.67. The number of hydrogen-bond acceptors (Lipinski definition) is 4. The van der Waals surface area contributed by atoms with Crippen LogP contribution in [0, 0.1) is 30.6 Å². The predicted molar refractivity (Wildman–Crippen MR) is 113 cm³/mol. The molecule has 6 heteroatoms. The zero-order chi connectivity index (χ0) is 21.0. The number of aromatic nitrogens is 1. The zero-order valence-electron chi connectivity index (χ0n) is 15.9. The summed E-state index contributed by atoms with van der Waals surface area (Å²) in [5.41, 5.74) is 2.52. The molecule has 0 aliphatic heterocycles. The van der Waals surface area contributed by atoms with Gasteiger partial charge in [-0.3, -0.25) is 4.79 Å². The van der Waals surface area contributed by atoms with Gasteiger partial charge in [-0.25, -0.2) is 0 Å². The number of carbonyl (C=O) groups excluding carboxylic acids is 1. The Balaban J connectivity index is 2.05. The van der Waals surface area contributed by atoms with E-state index in [0.717, 1.165) is 10.9 Å². The number of methoxy groups -OCH3 is 1. The number of terminal acetylenes is 1. The van der Waals surface area contributed by atoms with Crippen LogP contribution in [0.15, 0.2) is 42.0 Å². The third-order valence-corrected chi connectivity index (χ3v) is 4.63. The first-order chi connectivity index (χ1) is 14.0. The lowest BCUT2D eigenvalue weighted by Crippen LogP contribution is -2.03. The summed E-state index contributed by atoms with van der Waals surface area (Å²) in [4.78, 5) is 16.3. The topological polar surface area (TPSA) is 75.1 Å². The maximum absolute atomic E-state index is 13.1. The fourth-order valence-corrected chi connectivity index (χ4v) is 3.37. The van der Waals surface area contributed by atoms with Gasteiger partial charge in [-0.05, 0) is 36.8 Å². The number of halogens is 1. The van der Waals surface area contributed by atoms with Gasteiger partial charge in [0.15, 0.2) is 11.5 Å². The van der Waals surface area contributed by atoms with Crippen LogP contribution in [-0.4, -0.2) is 24.5 Å². The SMILES string of the molecule is C#CCOc1c(Cl)cc(/C=C(\C#N)C(=O)c2c(C)[nH]c3ccccc23)cc1OC. The summed E-state index contributed by atoms with van der Waals surface area (Å²) < 4.78 is 10.7. The van der Waals surface area contributed by atoms with Crippen molar-refractivity contribution in [1.82, 2.24) is 4.98 Å². The van der Waals surface area contributed by atoms with Crippen LogP contribution >= 0.6 is 11.6 Å². The fraction of sp³-hybridized carbons (Fsp3) is 0.130. The fourth-order valence-electron chi connectivity index (χ4n) is 3.10. The second kappa shape index (κ2) is 8.56. The van der Waals surface area contributed by atoms with E-state index in [1.807, 2.05) is 30.3 Å². The summed E-state index contributed by atoms with van der Waals surface area (Å²) in [5, 5.41) is 10.7. The number of fused-ring (bicyclic) bond motifs is 1. The average Bonchev–Trinajstić information content (AvgIpc) is 3.05. The van der Waals surface area contributed by atoms with Crippen LogP contribution in [0.1, 0.15) is 21.6 Å². The van der Waals surface area contributed by atoms with Crippen LogP contribution < -0.4 is 9.47 Å². The van der Waals surface area contributed by atoms with Gasteiger partial charge in [0, 0.05) is 16.6 Å². The molecule has 0 radical (unpaired) electrons. The van der Waals surface area contributed by atoms with E-state index < -0.39 is 0 Å². The molecule has 0 fully saturated rings. The Morgan fingerprint density at radius 3 is 2.79 bits per heavy atom. The third kappa shape index (κ3) is 3.96. The largest absolute Gasteiger partial charge is 0.493 e. The number of hydrogen-bond donors (Lipinski definition) is 1. The van der Waals surface area contributed by atoms with E-state index in [9.17, 15) is 10.1 Å². The molecule has 2 aromatic carbocycles. The lowest BCUT2D eigenvalue weighted by molar-refractivity contribution is 0.104. The number of nitrogens with one attached hydrogen (secondary N) is 1. The molecule has 0 saturated carbocycles. The number of Topliss-reactive ketones (excluding diaryl/α,β-unsaturated/α-hetero) is 1. The van der Waals surface area contributed by atoms with Crippen LogP contribution in [0.2, 0.25) is 5.02 Å². The number of nitrogens with zero attached hydrogens (tertiary/aromatic N) is 1. The highest BCUT2D eigenvalue weighted by atomic mass is 35.5. The number of ketones is 1. The Hall–Kier alpha value is -3.67. The second-order valence-corrected chi connectivity index (χ2v) is 6.60. The molecule has 0 unspecified atom stereocenters. The first-order valence-corrected chi connectivity index (χ1v) is 9.05. The van der Waals surface area contributed by atoms with Crippen molar-refractivity contribution < 1.29 is 14.3 Å². The smallest absolute Gasteiger partial charge is 0.205 e. The van der Waals surface area contributed by atoms with Gasteiger partial charge in [-0.15, -0.1) is 6.42 Å². The van der Waals surface area contributed by atoms with Gasteiger partial charge < -0.3 is 14.5 Å². The molecular formula is C23H17ClN2O3. The minimum Gasteiger partial charge on any atom is -0.493 e. The highest BCUT2D eigenvalue weighted by molar-refractivity contribution is 6.32. The molecule has 5 nitrogen and oxygen atoms in total. The quantitative estimate of drug-likeness (QED) is 0.273. The zero-order valence-corrected chi connectivity index (χ0v) is 16.6. The highest BCUT2D eigenvalue weighted by Crippen LogP contribution is 2.37. The van der Waals surface area contributed by atoms with Crippen molar-refractivity contribution in [2.75, 3.05) is 13.7 Å². The number of rotatable bonds is 6.